The molecule has 8 heteroatoms. The molecule has 0 spiro atoms. The van der Waals surface area contributed by atoms with Gasteiger partial charge in [-0.05, 0) is 24.4 Å². The van der Waals surface area contributed by atoms with Crippen LogP contribution in [0.25, 0.3) is 0 Å². The summed E-state index contributed by atoms with van der Waals surface area (Å²) in [6.07, 6.45) is 0.646. The van der Waals surface area contributed by atoms with Crippen LogP contribution in [-0.4, -0.2) is 32.5 Å². The van der Waals surface area contributed by atoms with Crippen molar-refractivity contribution in [3.8, 4) is 0 Å². The van der Waals surface area contributed by atoms with Crippen molar-refractivity contribution in [3.05, 3.63) is 34.4 Å². The van der Waals surface area contributed by atoms with Crippen LogP contribution in [0.15, 0.2) is 29.2 Å². The van der Waals surface area contributed by atoms with Crippen molar-refractivity contribution in [2.24, 2.45) is 5.41 Å². The van der Waals surface area contributed by atoms with Gasteiger partial charge in [0.2, 0.25) is 10.0 Å². The number of nitrogens with zero attached hydrogens (tertiary/aromatic N) is 1. The van der Waals surface area contributed by atoms with Crippen molar-refractivity contribution in [3.63, 3.8) is 0 Å². The number of nitro benzene ring substituents is 1. The van der Waals surface area contributed by atoms with Crippen LogP contribution in [0.1, 0.15) is 20.3 Å². The summed E-state index contributed by atoms with van der Waals surface area (Å²) in [5.74, 6) is 0. The van der Waals surface area contributed by atoms with Crippen molar-refractivity contribution in [2.75, 3.05) is 13.1 Å². The molecule has 1 atom stereocenters. The molecule has 0 saturated carbocycles. The highest BCUT2D eigenvalue weighted by atomic mass is 32.2. The Hall–Kier alpha value is -1.51. The predicted molar refractivity (Wildman–Crippen MR) is 78.5 cm³/mol. The van der Waals surface area contributed by atoms with Crippen LogP contribution < -0.4 is 10.0 Å². The average Bonchev–Trinajstić information content (AvgIpc) is 2.41. The van der Waals surface area contributed by atoms with Crippen molar-refractivity contribution in [2.45, 2.75) is 31.2 Å². The van der Waals surface area contributed by atoms with Crippen LogP contribution in [0.4, 0.5) is 5.69 Å². The molecule has 1 unspecified atom stereocenters. The van der Waals surface area contributed by atoms with Gasteiger partial charge in [0.1, 0.15) is 0 Å². The Kier molecular flexibility index (Phi) is 4.31. The fraction of sp³-hybridized carbons (Fsp3) is 0.538. The third-order valence-corrected chi connectivity index (χ3v) is 5.30. The van der Waals surface area contributed by atoms with E-state index in [4.69, 9.17) is 0 Å². The number of hydrogen-bond acceptors (Lipinski definition) is 5. The van der Waals surface area contributed by atoms with E-state index >= 15 is 0 Å². The zero-order valence-corrected chi connectivity index (χ0v) is 12.8. The second kappa shape index (κ2) is 5.70. The van der Waals surface area contributed by atoms with Crippen LogP contribution >= 0.6 is 0 Å². The van der Waals surface area contributed by atoms with E-state index in [0.717, 1.165) is 0 Å². The molecule has 116 valence electrons. The molecule has 0 amide bonds. The lowest BCUT2D eigenvalue weighted by Crippen LogP contribution is -2.54. The average molecular weight is 313 g/mol. The number of benzene rings is 1. The number of rotatable bonds is 4. The fourth-order valence-electron chi connectivity index (χ4n) is 2.48. The lowest BCUT2D eigenvalue weighted by Gasteiger charge is -2.39. The van der Waals surface area contributed by atoms with E-state index in [1.54, 1.807) is 0 Å². The third-order valence-electron chi connectivity index (χ3n) is 3.78. The molecule has 1 aromatic carbocycles. The molecule has 1 aliphatic heterocycles. The topological polar surface area (TPSA) is 101 Å². The molecule has 1 saturated heterocycles. The maximum atomic E-state index is 12.5. The molecule has 2 rings (SSSR count). The van der Waals surface area contributed by atoms with E-state index in [1.165, 1.54) is 24.3 Å². The van der Waals surface area contributed by atoms with E-state index in [2.05, 4.69) is 10.0 Å². The molecule has 7 nitrogen and oxygen atoms in total. The molecule has 1 aromatic rings. The zero-order valence-electron chi connectivity index (χ0n) is 12.0. The summed E-state index contributed by atoms with van der Waals surface area (Å²) in [7, 11) is -3.93. The van der Waals surface area contributed by atoms with Crippen LogP contribution in [0, 0.1) is 15.5 Å². The molecule has 1 heterocycles. The van der Waals surface area contributed by atoms with Gasteiger partial charge in [0.25, 0.3) is 5.69 Å². The van der Waals surface area contributed by atoms with E-state index < -0.39 is 20.6 Å². The third kappa shape index (κ3) is 3.39. The number of para-hydroxylation sites is 1. The number of sulfonamides is 1. The van der Waals surface area contributed by atoms with Gasteiger partial charge in [-0.25, -0.2) is 13.1 Å². The number of hydrogen-bond donors (Lipinski definition) is 2. The van der Waals surface area contributed by atoms with Crippen LogP contribution in [0.2, 0.25) is 0 Å². The molecule has 0 bridgehead atoms. The molecule has 0 radical (unpaired) electrons. The minimum absolute atomic E-state index is 0.255. The van der Waals surface area contributed by atoms with Gasteiger partial charge in [-0.15, -0.1) is 0 Å². The SMILES string of the molecule is CC1(C)CNCCC1NS(=O)(=O)c1ccccc1[N+](=O)[O-]. The Labute approximate surface area is 123 Å². The Bertz CT molecular complexity index is 643. The Morgan fingerprint density at radius 2 is 2.05 bits per heavy atom. The first-order valence-electron chi connectivity index (χ1n) is 6.70. The highest BCUT2D eigenvalue weighted by Crippen LogP contribution is 2.28. The summed E-state index contributed by atoms with van der Waals surface area (Å²) in [6, 6.07) is 5.13. The lowest BCUT2D eigenvalue weighted by molar-refractivity contribution is -0.387. The minimum Gasteiger partial charge on any atom is -0.316 e. The quantitative estimate of drug-likeness (QED) is 0.643. The Morgan fingerprint density at radius 1 is 1.38 bits per heavy atom. The van der Waals surface area contributed by atoms with Crippen molar-refractivity contribution in [1.82, 2.24) is 10.0 Å². The summed E-state index contributed by atoms with van der Waals surface area (Å²) < 4.78 is 27.6. The van der Waals surface area contributed by atoms with Gasteiger partial charge in [-0.3, -0.25) is 10.1 Å². The van der Waals surface area contributed by atoms with Crippen LogP contribution in [0.5, 0.6) is 0 Å². The first kappa shape index (κ1) is 15.9. The van der Waals surface area contributed by atoms with E-state index in [9.17, 15) is 18.5 Å². The summed E-state index contributed by atoms with van der Waals surface area (Å²) >= 11 is 0. The molecule has 0 aliphatic carbocycles. The molecular weight excluding hydrogens is 294 g/mol. The largest absolute Gasteiger partial charge is 0.316 e. The molecular formula is C13H19N3O4S. The molecule has 21 heavy (non-hydrogen) atoms. The standard InChI is InChI=1S/C13H19N3O4S/c1-13(2)9-14-8-7-12(13)15-21(19,20)11-6-4-3-5-10(11)16(17)18/h3-6,12,14-15H,7-9H2,1-2H3. The smallest absolute Gasteiger partial charge is 0.289 e. The first-order valence-corrected chi connectivity index (χ1v) is 8.19. The van der Waals surface area contributed by atoms with Gasteiger partial charge < -0.3 is 5.32 Å². The number of nitrogens with one attached hydrogen (secondary N) is 2. The maximum Gasteiger partial charge on any atom is 0.289 e. The summed E-state index contributed by atoms with van der Waals surface area (Å²) in [5.41, 5.74) is -0.661. The zero-order chi connectivity index (χ0) is 15.7. The molecule has 1 aliphatic rings. The fourth-order valence-corrected chi connectivity index (χ4v) is 4.09. The number of piperidine rings is 1. The van der Waals surface area contributed by atoms with Gasteiger partial charge in [-0.1, -0.05) is 26.0 Å². The monoisotopic (exact) mass is 313 g/mol. The predicted octanol–water partition coefficient (Wildman–Crippen LogP) is 1.26. The highest BCUT2D eigenvalue weighted by Gasteiger charge is 2.36. The highest BCUT2D eigenvalue weighted by molar-refractivity contribution is 7.89. The van der Waals surface area contributed by atoms with Gasteiger partial charge in [0, 0.05) is 18.7 Å². The summed E-state index contributed by atoms with van der Waals surface area (Å²) in [5, 5.41) is 14.2. The molecule has 1 fully saturated rings. The van der Waals surface area contributed by atoms with Gasteiger partial charge >= 0.3 is 0 Å². The lowest BCUT2D eigenvalue weighted by atomic mass is 9.81. The summed E-state index contributed by atoms with van der Waals surface area (Å²) in [6.45, 7) is 5.34. The van der Waals surface area contributed by atoms with E-state index in [-0.39, 0.29) is 16.4 Å². The van der Waals surface area contributed by atoms with Crippen molar-refractivity contribution < 1.29 is 13.3 Å². The second-order valence-corrected chi connectivity index (χ2v) is 7.54. The Morgan fingerprint density at radius 3 is 2.67 bits per heavy atom. The van der Waals surface area contributed by atoms with E-state index in [0.29, 0.717) is 19.5 Å². The summed E-state index contributed by atoms with van der Waals surface area (Å²) in [4.78, 5) is 10.0. The first-order chi connectivity index (χ1) is 9.74. The molecule has 2 N–H and O–H groups in total. The molecule has 0 aromatic heterocycles. The van der Waals surface area contributed by atoms with Gasteiger partial charge in [-0.2, -0.15) is 0 Å². The maximum absolute atomic E-state index is 12.5. The van der Waals surface area contributed by atoms with E-state index in [1.807, 2.05) is 13.8 Å². The second-order valence-electron chi connectivity index (χ2n) is 5.85. The van der Waals surface area contributed by atoms with Gasteiger partial charge in [0.15, 0.2) is 4.90 Å². The number of nitro groups is 1. The van der Waals surface area contributed by atoms with Crippen LogP contribution in [0.3, 0.4) is 0 Å². The van der Waals surface area contributed by atoms with Gasteiger partial charge in [0.05, 0.1) is 4.92 Å². The van der Waals surface area contributed by atoms with Crippen molar-refractivity contribution in [1.29, 1.82) is 0 Å². The minimum atomic E-state index is -3.93. The Balaban J connectivity index is 2.33. The van der Waals surface area contributed by atoms with Crippen LogP contribution in [-0.2, 0) is 10.0 Å². The van der Waals surface area contributed by atoms with Crippen molar-refractivity contribution >= 4 is 15.7 Å². The normalized spacial score (nSPS) is 21.9.